The molecule has 100 valence electrons. The summed E-state index contributed by atoms with van der Waals surface area (Å²) in [6.07, 6.45) is -0.145. The highest BCUT2D eigenvalue weighted by molar-refractivity contribution is 5.74. The van der Waals surface area contributed by atoms with Crippen LogP contribution < -0.4 is 10.2 Å². The molecular formula is C12H15N5O2. The number of anilines is 1. The van der Waals surface area contributed by atoms with Crippen molar-refractivity contribution in [3.63, 3.8) is 0 Å². The van der Waals surface area contributed by atoms with Crippen LogP contribution in [0, 0.1) is 0 Å². The Morgan fingerprint density at radius 3 is 2.84 bits per heavy atom. The molecule has 0 aliphatic carbocycles. The predicted molar refractivity (Wildman–Crippen MR) is 71.7 cm³/mol. The summed E-state index contributed by atoms with van der Waals surface area (Å²) in [4.78, 5) is 15.8. The van der Waals surface area contributed by atoms with Gasteiger partial charge in [0.05, 0.1) is 6.42 Å². The maximum Gasteiger partial charge on any atom is 0.307 e. The molecule has 0 bridgehead atoms. The second-order valence-electron chi connectivity index (χ2n) is 4.31. The molecule has 1 aromatic rings. The van der Waals surface area contributed by atoms with Crippen LogP contribution in [0.5, 0.6) is 0 Å². The van der Waals surface area contributed by atoms with Crippen LogP contribution in [0.4, 0.5) is 11.4 Å². The first-order valence-corrected chi connectivity index (χ1v) is 6.06. The molecule has 1 fully saturated rings. The number of carbonyl (C=O) groups is 1. The van der Waals surface area contributed by atoms with Crippen molar-refractivity contribution in [2.24, 2.45) is 5.11 Å². The van der Waals surface area contributed by atoms with E-state index >= 15 is 0 Å². The molecule has 2 rings (SSSR count). The predicted octanol–water partition coefficient (Wildman–Crippen LogP) is 1.67. The highest BCUT2D eigenvalue weighted by Crippen LogP contribution is 2.26. The van der Waals surface area contributed by atoms with Gasteiger partial charge in [0, 0.05) is 42.5 Å². The monoisotopic (exact) mass is 261 g/mol. The number of aliphatic carboxylic acids is 1. The molecule has 1 aliphatic heterocycles. The molecule has 1 aromatic carbocycles. The lowest BCUT2D eigenvalue weighted by atomic mass is 10.1. The normalized spacial score (nSPS) is 14.8. The van der Waals surface area contributed by atoms with Gasteiger partial charge in [0.15, 0.2) is 0 Å². The Kier molecular flexibility index (Phi) is 4.22. The SMILES string of the molecule is [N-]=[N+]=Nc1ccc(N2CCNCC2)cc1CC(=O)O. The number of hydrogen-bond donors (Lipinski definition) is 2. The van der Waals surface area contributed by atoms with Crippen molar-refractivity contribution < 1.29 is 9.90 Å². The van der Waals surface area contributed by atoms with Crippen LogP contribution in [0.3, 0.4) is 0 Å². The van der Waals surface area contributed by atoms with Gasteiger partial charge in [-0.1, -0.05) is 11.2 Å². The Balaban J connectivity index is 2.30. The highest BCUT2D eigenvalue weighted by Gasteiger charge is 2.13. The molecule has 7 heteroatoms. The minimum atomic E-state index is -0.938. The minimum Gasteiger partial charge on any atom is -0.481 e. The van der Waals surface area contributed by atoms with E-state index in [1.165, 1.54) is 0 Å². The zero-order valence-corrected chi connectivity index (χ0v) is 10.4. The van der Waals surface area contributed by atoms with Gasteiger partial charge in [0.2, 0.25) is 0 Å². The van der Waals surface area contributed by atoms with E-state index in [0.29, 0.717) is 11.3 Å². The molecule has 19 heavy (non-hydrogen) atoms. The number of nitrogens with one attached hydrogen (secondary N) is 1. The Labute approximate surface area is 110 Å². The maximum absolute atomic E-state index is 10.9. The number of rotatable bonds is 4. The molecule has 7 nitrogen and oxygen atoms in total. The maximum atomic E-state index is 10.9. The van der Waals surface area contributed by atoms with Crippen molar-refractivity contribution in [2.45, 2.75) is 6.42 Å². The smallest absolute Gasteiger partial charge is 0.307 e. The molecule has 2 N–H and O–H groups in total. The molecule has 0 spiro atoms. The number of carboxylic acids is 1. The second-order valence-corrected chi connectivity index (χ2v) is 4.31. The Morgan fingerprint density at radius 2 is 2.21 bits per heavy atom. The zero-order chi connectivity index (χ0) is 13.7. The fourth-order valence-electron chi connectivity index (χ4n) is 2.14. The average molecular weight is 261 g/mol. The van der Waals surface area contributed by atoms with Crippen LogP contribution in [0.1, 0.15) is 5.56 Å². The lowest BCUT2D eigenvalue weighted by Crippen LogP contribution is -2.43. The fraction of sp³-hybridized carbons (Fsp3) is 0.417. The van der Waals surface area contributed by atoms with Crippen LogP contribution in [0.2, 0.25) is 0 Å². The second kappa shape index (κ2) is 6.08. The van der Waals surface area contributed by atoms with E-state index in [-0.39, 0.29) is 6.42 Å². The molecule has 0 aromatic heterocycles. The summed E-state index contributed by atoms with van der Waals surface area (Å²) >= 11 is 0. The van der Waals surface area contributed by atoms with Crippen LogP contribution in [-0.2, 0) is 11.2 Å². The third-order valence-electron chi connectivity index (χ3n) is 3.04. The van der Waals surface area contributed by atoms with E-state index in [2.05, 4.69) is 20.2 Å². The lowest BCUT2D eigenvalue weighted by Gasteiger charge is -2.30. The molecule has 0 amide bonds. The van der Waals surface area contributed by atoms with Gasteiger partial charge in [-0.3, -0.25) is 4.79 Å². The van der Waals surface area contributed by atoms with Crippen molar-refractivity contribution in [1.29, 1.82) is 0 Å². The van der Waals surface area contributed by atoms with E-state index in [1.54, 1.807) is 12.1 Å². The lowest BCUT2D eigenvalue weighted by molar-refractivity contribution is -0.136. The van der Waals surface area contributed by atoms with Gasteiger partial charge in [-0.2, -0.15) is 0 Å². The molecule has 0 radical (unpaired) electrons. The van der Waals surface area contributed by atoms with Crippen LogP contribution in [0.15, 0.2) is 23.3 Å². The van der Waals surface area contributed by atoms with Gasteiger partial charge in [-0.15, -0.1) is 0 Å². The number of nitrogens with zero attached hydrogens (tertiary/aromatic N) is 4. The summed E-state index contributed by atoms with van der Waals surface area (Å²) < 4.78 is 0. The van der Waals surface area contributed by atoms with Crippen molar-refractivity contribution >= 4 is 17.3 Å². The van der Waals surface area contributed by atoms with Gasteiger partial charge in [-0.25, -0.2) is 0 Å². The van der Waals surface area contributed by atoms with Gasteiger partial charge >= 0.3 is 5.97 Å². The van der Waals surface area contributed by atoms with Crippen LogP contribution >= 0.6 is 0 Å². The minimum absolute atomic E-state index is 0.145. The third-order valence-corrected chi connectivity index (χ3v) is 3.04. The number of hydrogen-bond acceptors (Lipinski definition) is 4. The average Bonchev–Trinajstić information content (AvgIpc) is 2.41. The zero-order valence-electron chi connectivity index (χ0n) is 10.4. The number of benzene rings is 1. The standard InChI is InChI=1S/C12H15N5O2/c13-16-15-11-2-1-10(7-9(11)8-12(18)19)17-5-3-14-4-6-17/h1-2,7,14H,3-6,8H2,(H,18,19). The molecular weight excluding hydrogens is 246 g/mol. The fourth-order valence-corrected chi connectivity index (χ4v) is 2.14. The van der Waals surface area contributed by atoms with Gasteiger partial charge in [0.1, 0.15) is 0 Å². The van der Waals surface area contributed by atoms with Gasteiger partial charge < -0.3 is 15.3 Å². The number of piperazine rings is 1. The van der Waals surface area contributed by atoms with Gasteiger partial charge in [-0.05, 0) is 23.2 Å². The first-order chi connectivity index (χ1) is 9.20. The molecule has 0 atom stereocenters. The van der Waals surface area contributed by atoms with E-state index < -0.39 is 5.97 Å². The molecule has 0 unspecified atom stereocenters. The highest BCUT2D eigenvalue weighted by atomic mass is 16.4. The van der Waals surface area contributed by atoms with Crippen molar-refractivity contribution in [1.82, 2.24) is 5.32 Å². The topological polar surface area (TPSA) is 101 Å². The third kappa shape index (κ3) is 3.37. The molecule has 0 saturated carbocycles. The quantitative estimate of drug-likeness (QED) is 0.489. The van der Waals surface area contributed by atoms with Crippen molar-refractivity contribution in [3.8, 4) is 0 Å². The summed E-state index contributed by atoms with van der Waals surface area (Å²) in [5.74, 6) is -0.938. The largest absolute Gasteiger partial charge is 0.481 e. The van der Waals surface area contributed by atoms with E-state index in [4.69, 9.17) is 10.6 Å². The molecule has 1 saturated heterocycles. The van der Waals surface area contributed by atoms with E-state index in [9.17, 15) is 4.79 Å². The first-order valence-electron chi connectivity index (χ1n) is 6.06. The summed E-state index contributed by atoms with van der Waals surface area (Å²) in [7, 11) is 0. The summed E-state index contributed by atoms with van der Waals surface area (Å²) in [6, 6.07) is 5.33. The van der Waals surface area contributed by atoms with E-state index in [0.717, 1.165) is 31.9 Å². The molecule has 1 heterocycles. The summed E-state index contributed by atoms with van der Waals surface area (Å²) in [5.41, 5.74) is 10.4. The van der Waals surface area contributed by atoms with Crippen molar-refractivity contribution in [2.75, 3.05) is 31.1 Å². The van der Waals surface area contributed by atoms with Gasteiger partial charge in [0.25, 0.3) is 0 Å². The van der Waals surface area contributed by atoms with Crippen LogP contribution in [-0.4, -0.2) is 37.3 Å². The van der Waals surface area contributed by atoms with E-state index in [1.807, 2.05) is 6.07 Å². The first kappa shape index (κ1) is 13.2. The Morgan fingerprint density at radius 1 is 1.47 bits per heavy atom. The van der Waals surface area contributed by atoms with Crippen molar-refractivity contribution in [3.05, 3.63) is 34.2 Å². The van der Waals surface area contributed by atoms with Crippen LogP contribution in [0.25, 0.3) is 10.4 Å². The molecule has 1 aliphatic rings. The summed E-state index contributed by atoms with van der Waals surface area (Å²) in [5, 5.41) is 15.7. The Bertz CT molecular complexity index is 519. The number of azide groups is 1. The summed E-state index contributed by atoms with van der Waals surface area (Å²) in [6.45, 7) is 3.58. The Hall–Kier alpha value is -2.24. The number of carboxylic acid groups (broad SMARTS) is 1.